The minimum absolute atomic E-state index is 0.293. The Bertz CT molecular complexity index is 848. The molecular formula is C21H27N5O2. The fourth-order valence-corrected chi connectivity index (χ4v) is 4.35. The van der Waals surface area contributed by atoms with Crippen LogP contribution in [0.4, 0.5) is 6.01 Å². The van der Waals surface area contributed by atoms with Gasteiger partial charge in [0, 0.05) is 31.5 Å². The van der Waals surface area contributed by atoms with Gasteiger partial charge in [0.1, 0.15) is 5.75 Å². The second kappa shape index (κ2) is 7.20. The SMILES string of the molecule is CC(C)c1noc(N2CC3C(COc4ccc(C5=CCNCC5)nc4)[C@@H]3C2)n1. The summed E-state index contributed by atoms with van der Waals surface area (Å²) >= 11 is 0. The molecule has 148 valence electrons. The number of hydrogen-bond acceptors (Lipinski definition) is 7. The first-order chi connectivity index (χ1) is 13.7. The zero-order chi connectivity index (χ0) is 19.1. The van der Waals surface area contributed by atoms with Gasteiger partial charge in [-0.05, 0) is 42.5 Å². The van der Waals surface area contributed by atoms with E-state index in [2.05, 4.69) is 51.3 Å². The van der Waals surface area contributed by atoms with Crippen LogP contribution in [0.2, 0.25) is 0 Å². The van der Waals surface area contributed by atoms with E-state index in [-0.39, 0.29) is 0 Å². The first kappa shape index (κ1) is 17.7. The van der Waals surface area contributed by atoms with Crippen molar-refractivity contribution in [1.82, 2.24) is 20.4 Å². The Hall–Kier alpha value is -2.41. The maximum atomic E-state index is 6.02. The summed E-state index contributed by atoms with van der Waals surface area (Å²) in [5, 5.41) is 7.40. The molecule has 28 heavy (non-hydrogen) atoms. The lowest BCUT2D eigenvalue weighted by atomic mass is 10.1. The molecule has 7 heteroatoms. The summed E-state index contributed by atoms with van der Waals surface area (Å²) in [6.07, 6.45) is 5.11. The van der Waals surface area contributed by atoms with Crippen molar-refractivity contribution in [3.63, 3.8) is 0 Å². The Morgan fingerprint density at radius 3 is 2.79 bits per heavy atom. The van der Waals surface area contributed by atoms with Gasteiger partial charge in [-0.15, -0.1) is 0 Å². The molecule has 3 aliphatic rings. The van der Waals surface area contributed by atoms with Crippen LogP contribution >= 0.6 is 0 Å². The summed E-state index contributed by atoms with van der Waals surface area (Å²) in [6.45, 7) is 8.84. The molecule has 2 aromatic heterocycles. The Morgan fingerprint density at radius 1 is 1.29 bits per heavy atom. The highest BCUT2D eigenvalue weighted by atomic mass is 16.5. The van der Waals surface area contributed by atoms with E-state index in [0.29, 0.717) is 29.7 Å². The second-order valence-electron chi connectivity index (χ2n) is 8.36. The van der Waals surface area contributed by atoms with Crippen molar-refractivity contribution in [2.75, 3.05) is 37.7 Å². The van der Waals surface area contributed by atoms with Crippen LogP contribution in [-0.2, 0) is 0 Å². The van der Waals surface area contributed by atoms with E-state index < -0.39 is 0 Å². The van der Waals surface area contributed by atoms with E-state index in [1.807, 2.05) is 12.3 Å². The summed E-state index contributed by atoms with van der Waals surface area (Å²) in [5.41, 5.74) is 2.39. The van der Waals surface area contributed by atoms with E-state index in [4.69, 9.17) is 9.26 Å². The van der Waals surface area contributed by atoms with Crippen LogP contribution in [0.15, 0.2) is 28.9 Å². The highest BCUT2D eigenvalue weighted by molar-refractivity contribution is 5.63. The van der Waals surface area contributed by atoms with Crippen LogP contribution < -0.4 is 15.0 Å². The number of anilines is 1. The van der Waals surface area contributed by atoms with Crippen molar-refractivity contribution in [3.05, 3.63) is 35.9 Å². The Balaban J connectivity index is 1.11. The third-order valence-electron chi connectivity index (χ3n) is 6.16. The molecule has 0 radical (unpaired) electrons. The second-order valence-corrected chi connectivity index (χ2v) is 8.36. The van der Waals surface area contributed by atoms with Crippen molar-refractivity contribution in [2.24, 2.45) is 17.8 Å². The first-order valence-electron chi connectivity index (χ1n) is 10.3. The summed E-state index contributed by atoms with van der Waals surface area (Å²) in [7, 11) is 0. The van der Waals surface area contributed by atoms with Crippen molar-refractivity contribution in [3.8, 4) is 5.75 Å². The molecule has 0 spiro atoms. The third-order valence-corrected chi connectivity index (χ3v) is 6.16. The van der Waals surface area contributed by atoms with E-state index in [0.717, 1.165) is 56.5 Å². The summed E-state index contributed by atoms with van der Waals surface area (Å²) in [4.78, 5) is 11.3. The fraction of sp³-hybridized carbons (Fsp3) is 0.571. The predicted molar refractivity (Wildman–Crippen MR) is 106 cm³/mol. The zero-order valence-electron chi connectivity index (χ0n) is 16.5. The molecule has 0 bridgehead atoms. The van der Waals surface area contributed by atoms with Crippen molar-refractivity contribution in [2.45, 2.75) is 26.2 Å². The Kier molecular flexibility index (Phi) is 4.55. The minimum Gasteiger partial charge on any atom is -0.492 e. The Labute approximate surface area is 165 Å². The number of nitrogens with one attached hydrogen (secondary N) is 1. The van der Waals surface area contributed by atoms with Gasteiger partial charge < -0.3 is 19.5 Å². The Morgan fingerprint density at radius 2 is 2.14 bits per heavy atom. The number of hydrogen-bond donors (Lipinski definition) is 1. The van der Waals surface area contributed by atoms with Crippen LogP contribution in [-0.4, -0.2) is 47.9 Å². The molecule has 4 heterocycles. The maximum Gasteiger partial charge on any atom is 0.324 e. The quantitative estimate of drug-likeness (QED) is 0.824. The maximum absolute atomic E-state index is 6.02. The van der Waals surface area contributed by atoms with Gasteiger partial charge in [0.05, 0.1) is 18.5 Å². The summed E-state index contributed by atoms with van der Waals surface area (Å²) in [5.74, 6) is 3.89. The molecule has 1 aliphatic carbocycles. The van der Waals surface area contributed by atoms with Gasteiger partial charge in [-0.3, -0.25) is 4.98 Å². The molecule has 2 aromatic rings. The van der Waals surface area contributed by atoms with E-state index in [1.165, 1.54) is 5.57 Å². The van der Waals surface area contributed by atoms with Gasteiger partial charge in [0.2, 0.25) is 0 Å². The topological polar surface area (TPSA) is 76.3 Å². The van der Waals surface area contributed by atoms with Gasteiger partial charge >= 0.3 is 6.01 Å². The van der Waals surface area contributed by atoms with E-state index in [9.17, 15) is 0 Å². The van der Waals surface area contributed by atoms with Crippen LogP contribution in [0.1, 0.15) is 37.7 Å². The third kappa shape index (κ3) is 3.39. The summed E-state index contributed by atoms with van der Waals surface area (Å²) < 4.78 is 11.4. The van der Waals surface area contributed by atoms with Gasteiger partial charge in [-0.1, -0.05) is 25.1 Å². The van der Waals surface area contributed by atoms with Crippen LogP contribution in [0.25, 0.3) is 5.57 Å². The van der Waals surface area contributed by atoms with Crippen LogP contribution in [0.5, 0.6) is 5.75 Å². The molecular weight excluding hydrogens is 354 g/mol. The average molecular weight is 381 g/mol. The molecule has 2 aliphatic heterocycles. The predicted octanol–water partition coefficient (Wildman–Crippen LogP) is 2.73. The molecule has 1 saturated carbocycles. The molecule has 5 rings (SSSR count). The molecule has 0 amide bonds. The number of fused-ring (bicyclic) bond motifs is 1. The first-order valence-corrected chi connectivity index (χ1v) is 10.3. The fourth-order valence-electron chi connectivity index (χ4n) is 4.35. The van der Waals surface area contributed by atoms with Crippen LogP contribution in [0.3, 0.4) is 0 Å². The van der Waals surface area contributed by atoms with Crippen molar-refractivity contribution in [1.29, 1.82) is 0 Å². The smallest absolute Gasteiger partial charge is 0.324 e. The molecule has 2 unspecified atom stereocenters. The van der Waals surface area contributed by atoms with Crippen molar-refractivity contribution >= 4 is 11.6 Å². The molecule has 0 aromatic carbocycles. The molecule has 3 atom stereocenters. The zero-order valence-corrected chi connectivity index (χ0v) is 16.5. The van der Waals surface area contributed by atoms with Gasteiger partial charge in [-0.25, -0.2) is 0 Å². The highest BCUT2D eigenvalue weighted by Crippen LogP contribution is 2.52. The number of piperidine rings is 1. The number of pyridine rings is 1. The van der Waals surface area contributed by atoms with E-state index >= 15 is 0 Å². The average Bonchev–Trinajstić information content (AvgIpc) is 3.12. The molecule has 1 N–H and O–H groups in total. The standard InChI is InChI=1S/C21H27N5O2/c1-13(2)20-24-21(28-25-20)26-10-16-17(11-26)18(16)12-27-15-3-4-19(23-9-15)14-5-7-22-8-6-14/h3-5,9,13,16-18,22H,6-8,10-12H2,1-2H3/t16-,17?,18?/m1/s1. The number of ether oxygens (including phenoxy) is 1. The lowest BCUT2D eigenvalue weighted by molar-refractivity contribution is 0.280. The monoisotopic (exact) mass is 381 g/mol. The normalized spacial score (nSPS) is 26.3. The minimum atomic E-state index is 0.293. The van der Waals surface area contributed by atoms with Gasteiger partial charge in [0.15, 0.2) is 5.82 Å². The lowest BCUT2D eigenvalue weighted by Gasteiger charge is -2.17. The van der Waals surface area contributed by atoms with E-state index in [1.54, 1.807) is 0 Å². The highest BCUT2D eigenvalue weighted by Gasteiger charge is 2.56. The lowest BCUT2D eigenvalue weighted by Crippen LogP contribution is -2.25. The van der Waals surface area contributed by atoms with Gasteiger partial charge in [0.25, 0.3) is 0 Å². The molecule has 7 nitrogen and oxygen atoms in total. The van der Waals surface area contributed by atoms with Crippen molar-refractivity contribution < 1.29 is 9.26 Å². The molecule has 1 saturated heterocycles. The van der Waals surface area contributed by atoms with Gasteiger partial charge in [-0.2, -0.15) is 4.98 Å². The van der Waals surface area contributed by atoms with Crippen LogP contribution in [0, 0.1) is 17.8 Å². The largest absolute Gasteiger partial charge is 0.492 e. The summed E-state index contributed by atoms with van der Waals surface area (Å²) in [6, 6.07) is 4.79. The number of aromatic nitrogens is 3. The number of nitrogens with zero attached hydrogens (tertiary/aromatic N) is 4. The molecule has 2 fully saturated rings. The number of rotatable bonds is 6.